The van der Waals surface area contributed by atoms with Gasteiger partial charge in [0.1, 0.15) is 12.4 Å². The van der Waals surface area contributed by atoms with Crippen LogP contribution in [0.5, 0.6) is 5.75 Å². The van der Waals surface area contributed by atoms with E-state index >= 15 is 0 Å². The lowest BCUT2D eigenvalue weighted by Gasteiger charge is -2.12. The van der Waals surface area contributed by atoms with Crippen LogP contribution in [0, 0.1) is 6.92 Å². The topological polar surface area (TPSA) is 75.6 Å². The maximum absolute atomic E-state index is 12.4. The standard InChI is InChI=1S/C26H27NO4/c1-19-7-5-6-10-23(19)11-12-27-25(28)16-21-13-22(17-26(29)30)15-24(14-21)31-18-20-8-3-2-4-9-20/h2-10,13-15H,11-12,16-18H2,1H3,(H,27,28)(H,29,30). The molecule has 160 valence electrons. The van der Waals surface area contributed by atoms with Crippen molar-refractivity contribution in [3.63, 3.8) is 0 Å². The van der Waals surface area contributed by atoms with E-state index in [0.717, 1.165) is 17.5 Å². The van der Waals surface area contributed by atoms with Crippen LogP contribution in [0.4, 0.5) is 0 Å². The van der Waals surface area contributed by atoms with Gasteiger partial charge < -0.3 is 15.2 Å². The first kappa shape index (κ1) is 22.1. The minimum Gasteiger partial charge on any atom is -0.489 e. The Kier molecular flexibility index (Phi) is 7.82. The third-order valence-electron chi connectivity index (χ3n) is 4.97. The fraction of sp³-hybridized carbons (Fsp3) is 0.231. The minimum atomic E-state index is -0.922. The van der Waals surface area contributed by atoms with Crippen LogP contribution in [-0.4, -0.2) is 23.5 Å². The smallest absolute Gasteiger partial charge is 0.307 e. The van der Waals surface area contributed by atoms with Crippen molar-refractivity contribution in [3.05, 3.63) is 101 Å². The lowest BCUT2D eigenvalue weighted by atomic mass is 10.0. The average Bonchev–Trinajstić information content (AvgIpc) is 2.74. The molecular formula is C26H27NO4. The molecule has 0 unspecified atom stereocenters. The van der Waals surface area contributed by atoms with Gasteiger partial charge in [-0.15, -0.1) is 0 Å². The summed E-state index contributed by atoms with van der Waals surface area (Å²) in [6, 6.07) is 23.1. The summed E-state index contributed by atoms with van der Waals surface area (Å²) in [6.07, 6.45) is 0.816. The Morgan fingerprint density at radius 1 is 0.871 bits per heavy atom. The number of hydrogen-bond acceptors (Lipinski definition) is 3. The average molecular weight is 418 g/mol. The van der Waals surface area contributed by atoms with Crippen molar-refractivity contribution in [3.8, 4) is 5.75 Å². The number of carboxylic acid groups (broad SMARTS) is 1. The second-order valence-electron chi connectivity index (χ2n) is 7.53. The Hall–Kier alpha value is -3.60. The summed E-state index contributed by atoms with van der Waals surface area (Å²) in [5.74, 6) is -0.464. The van der Waals surface area contributed by atoms with E-state index in [1.54, 1.807) is 18.2 Å². The molecule has 0 aliphatic carbocycles. The van der Waals surface area contributed by atoms with Gasteiger partial charge in [0, 0.05) is 6.54 Å². The summed E-state index contributed by atoms with van der Waals surface area (Å²) in [7, 11) is 0. The predicted molar refractivity (Wildman–Crippen MR) is 120 cm³/mol. The van der Waals surface area contributed by atoms with Gasteiger partial charge in [-0.05, 0) is 53.3 Å². The number of carbonyl (C=O) groups excluding carboxylic acids is 1. The number of aliphatic carboxylic acids is 1. The van der Waals surface area contributed by atoms with Crippen molar-refractivity contribution in [2.45, 2.75) is 32.8 Å². The Morgan fingerprint density at radius 3 is 2.26 bits per heavy atom. The van der Waals surface area contributed by atoms with Crippen molar-refractivity contribution in [1.82, 2.24) is 5.32 Å². The molecule has 3 rings (SSSR count). The highest BCUT2D eigenvalue weighted by atomic mass is 16.5. The summed E-state index contributed by atoms with van der Waals surface area (Å²) >= 11 is 0. The number of benzene rings is 3. The highest BCUT2D eigenvalue weighted by Crippen LogP contribution is 2.20. The molecule has 1 amide bonds. The SMILES string of the molecule is Cc1ccccc1CCNC(=O)Cc1cc(CC(=O)O)cc(OCc2ccccc2)c1. The van der Waals surface area contributed by atoms with Gasteiger partial charge in [-0.25, -0.2) is 0 Å². The number of aryl methyl sites for hydroxylation is 1. The molecule has 31 heavy (non-hydrogen) atoms. The molecular weight excluding hydrogens is 390 g/mol. The summed E-state index contributed by atoms with van der Waals surface area (Å²) in [5, 5.41) is 12.1. The van der Waals surface area contributed by atoms with Gasteiger partial charge in [-0.1, -0.05) is 60.7 Å². The van der Waals surface area contributed by atoms with Gasteiger partial charge in [0.05, 0.1) is 12.8 Å². The number of ether oxygens (including phenoxy) is 1. The summed E-state index contributed by atoms with van der Waals surface area (Å²) < 4.78 is 5.86. The highest BCUT2D eigenvalue weighted by molar-refractivity contribution is 5.79. The van der Waals surface area contributed by atoms with Crippen molar-refractivity contribution in [2.75, 3.05) is 6.54 Å². The van der Waals surface area contributed by atoms with E-state index in [-0.39, 0.29) is 18.7 Å². The second kappa shape index (κ2) is 11.0. The van der Waals surface area contributed by atoms with Crippen LogP contribution in [0.2, 0.25) is 0 Å². The zero-order chi connectivity index (χ0) is 22.1. The summed E-state index contributed by atoms with van der Waals surface area (Å²) in [5.41, 5.74) is 4.78. The van der Waals surface area contributed by atoms with Crippen LogP contribution in [0.15, 0.2) is 72.8 Å². The first-order valence-corrected chi connectivity index (χ1v) is 10.3. The Balaban J connectivity index is 1.62. The van der Waals surface area contributed by atoms with Crippen molar-refractivity contribution >= 4 is 11.9 Å². The molecule has 3 aromatic carbocycles. The molecule has 0 saturated heterocycles. The minimum absolute atomic E-state index is 0.102. The molecule has 5 heteroatoms. The Morgan fingerprint density at radius 2 is 1.55 bits per heavy atom. The van der Waals surface area contributed by atoms with Crippen LogP contribution in [0.25, 0.3) is 0 Å². The maximum atomic E-state index is 12.4. The molecule has 0 spiro atoms. The fourth-order valence-electron chi connectivity index (χ4n) is 3.41. The van der Waals surface area contributed by atoms with E-state index in [4.69, 9.17) is 9.84 Å². The van der Waals surface area contributed by atoms with E-state index in [1.807, 2.05) is 42.5 Å². The molecule has 5 nitrogen and oxygen atoms in total. The van der Waals surface area contributed by atoms with Gasteiger partial charge in [0.15, 0.2) is 0 Å². The largest absolute Gasteiger partial charge is 0.489 e. The second-order valence-corrected chi connectivity index (χ2v) is 7.53. The summed E-state index contributed by atoms with van der Waals surface area (Å²) in [4.78, 5) is 23.6. The van der Waals surface area contributed by atoms with E-state index in [1.165, 1.54) is 11.1 Å². The van der Waals surface area contributed by atoms with Gasteiger partial charge in [-0.3, -0.25) is 9.59 Å². The number of carbonyl (C=O) groups is 2. The van der Waals surface area contributed by atoms with Gasteiger partial charge in [0.2, 0.25) is 5.91 Å². The van der Waals surface area contributed by atoms with Gasteiger partial charge in [0.25, 0.3) is 0 Å². The molecule has 0 radical (unpaired) electrons. The summed E-state index contributed by atoms with van der Waals surface area (Å²) in [6.45, 7) is 2.98. The van der Waals surface area contributed by atoms with E-state index in [0.29, 0.717) is 24.5 Å². The first-order valence-electron chi connectivity index (χ1n) is 10.3. The maximum Gasteiger partial charge on any atom is 0.307 e. The van der Waals surface area contributed by atoms with Crippen LogP contribution in [0.1, 0.15) is 27.8 Å². The van der Waals surface area contributed by atoms with E-state index < -0.39 is 5.97 Å². The molecule has 0 heterocycles. The number of amides is 1. The fourth-order valence-corrected chi connectivity index (χ4v) is 3.41. The molecule has 0 aliphatic rings. The monoisotopic (exact) mass is 417 g/mol. The predicted octanol–water partition coefficient (Wildman–Crippen LogP) is 4.10. The van der Waals surface area contributed by atoms with Crippen molar-refractivity contribution in [1.29, 1.82) is 0 Å². The van der Waals surface area contributed by atoms with Crippen LogP contribution in [-0.2, 0) is 35.5 Å². The number of nitrogens with one attached hydrogen (secondary N) is 1. The number of carboxylic acids is 1. The van der Waals surface area contributed by atoms with Crippen LogP contribution >= 0.6 is 0 Å². The van der Waals surface area contributed by atoms with Crippen molar-refractivity contribution in [2.24, 2.45) is 0 Å². The molecule has 0 aliphatic heterocycles. The third kappa shape index (κ3) is 7.30. The highest BCUT2D eigenvalue weighted by Gasteiger charge is 2.10. The van der Waals surface area contributed by atoms with Crippen LogP contribution in [0.3, 0.4) is 0 Å². The van der Waals surface area contributed by atoms with E-state index in [2.05, 4.69) is 24.4 Å². The number of rotatable bonds is 10. The third-order valence-corrected chi connectivity index (χ3v) is 4.97. The lowest BCUT2D eigenvalue weighted by molar-refractivity contribution is -0.136. The first-order chi connectivity index (χ1) is 15.0. The van der Waals surface area contributed by atoms with Gasteiger partial charge in [-0.2, -0.15) is 0 Å². The Bertz CT molecular complexity index is 1030. The zero-order valence-electron chi connectivity index (χ0n) is 17.6. The molecule has 2 N–H and O–H groups in total. The number of hydrogen-bond donors (Lipinski definition) is 2. The molecule has 0 aromatic heterocycles. The molecule has 0 atom stereocenters. The normalized spacial score (nSPS) is 10.5. The molecule has 0 saturated carbocycles. The lowest BCUT2D eigenvalue weighted by Crippen LogP contribution is -2.27. The molecule has 0 fully saturated rings. The van der Waals surface area contributed by atoms with Gasteiger partial charge >= 0.3 is 5.97 Å². The van der Waals surface area contributed by atoms with Crippen LogP contribution < -0.4 is 10.1 Å². The Labute approximate surface area is 182 Å². The zero-order valence-corrected chi connectivity index (χ0v) is 17.6. The molecule has 3 aromatic rings. The quantitative estimate of drug-likeness (QED) is 0.521. The molecule has 0 bridgehead atoms. The van der Waals surface area contributed by atoms with E-state index in [9.17, 15) is 9.59 Å². The van der Waals surface area contributed by atoms with Crippen molar-refractivity contribution < 1.29 is 19.4 Å².